The van der Waals surface area contributed by atoms with Crippen LogP contribution < -0.4 is 0 Å². The predicted molar refractivity (Wildman–Crippen MR) is 58.8 cm³/mol. The van der Waals surface area contributed by atoms with E-state index in [0.717, 1.165) is 18.4 Å². The standard InChI is InChI=1S/C11H16O2S/c1-2-3-9-14(12,13)10-11-7-5-4-6-8-11/h4-8H,2-3,9-10H2,1H3. The summed E-state index contributed by atoms with van der Waals surface area (Å²) in [6.45, 7) is 2.00. The molecule has 14 heavy (non-hydrogen) atoms. The highest BCUT2D eigenvalue weighted by Gasteiger charge is 2.10. The molecule has 1 aromatic rings. The Bertz CT molecular complexity index is 354. The maximum atomic E-state index is 11.6. The molecule has 0 atom stereocenters. The van der Waals surface area contributed by atoms with E-state index in [1.165, 1.54) is 0 Å². The van der Waals surface area contributed by atoms with Crippen molar-refractivity contribution in [2.75, 3.05) is 5.75 Å². The van der Waals surface area contributed by atoms with Gasteiger partial charge in [-0.1, -0.05) is 43.7 Å². The third kappa shape index (κ3) is 3.92. The molecule has 0 spiro atoms. The van der Waals surface area contributed by atoms with Gasteiger partial charge in [-0.15, -0.1) is 0 Å². The lowest BCUT2D eigenvalue weighted by Crippen LogP contribution is -2.08. The first-order valence-corrected chi connectivity index (χ1v) is 6.70. The lowest BCUT2D eigenvalue weighted by molar-refractivity contribution is 0.592. The van der Waals surface area contributed by atoms with E-state index in [9.17, 15) is 8.42 Å². The van der Waals surface area contributed by atoms with Gasteiger partial charge in [0, 0.05) is 0 Å². The number of hydrogen-bond donors (Lipinski definition) is 0. The van der Waals surface area contributed by atoms with E-state index in [0.29, 0.717) is 5.75 Å². The van der Waals surface area contributed by atoms with Gasteiger partial charge in [-0.25, -0.2) is 8.42 Å². The molecule has 0 aliphatic carbocycles. The molecule has 0 saturated carbocycles. The number of sulfone groups is 1. The molecule has 0 aromatic heterocycles. The van der Waals surface area contributed by atoms with Gasteiger partial charge in [-0.05, 0) is 12.0 Å². The average molecular weight is 212 g/mol. The van der Waals surface area contributed by atoms with Crippen molar-refractivity contribution in [1.29, 1.82) is 0 Å². The molecule has 0 aliphatic heterocycles. The van der Waals surface area contributed by atoms with Crippen LogP contribution in [0.2, 0.25) is 0 Å². The van der Waals surface area contributed by atoms with Gasteiger partial charge >= 0.3 is 0 Å². The van der Waals surface area contributed by atoms with Crippen LogP contribution in [0, 0.1) is 0 Å². The average Bonchev–Trinajstić information content (AvgIpc) is 2.16. The monoisotopic (exact) mass is 212 g/mol. The van der Waals surface area contributed by atoms with E-state index >= 15 is 0 Å². The normalized spacial score (nSPS) is 11.5. The maximum Gasteiger partial charge on any atom is 0.154 e. The van der Waals surface area contributed by atoms with Crippen LogP contribution in [-0.4, -0.2) is 14.2 Å². The fourth-order valence-electron chi connectivity index (χ4n) is 1.26. The third-order valence-electron chi connectivity index (χ3n) is 2.04. The molecule has 0 amide bonds. The van der Waals surface area contributed by atoms with Gasteiger partial charge in [-0.2, -0.15) is 0 Å². The highest BCUT2D eigenvalue weighted by molar-refractivity contribution is 7.90. The molecule has 2 nitrogen and oxygen atoms in total. The van der Waals surface area contributed by atoms with Crippen LogP contribution in [0.5, 0.6) is 0 Å². The molecule has 1 rings (SSSR count). The molecule has 78 valence electrons. The first-order valence-electron chi connectivity index (χ1n) is 4.88. The second-order valence-corrected chi connectivity index (χ2v) is 5.62. The van der Waals surface area contributed by atoms with Gasteiger partial charge < -0.3 is 0 Å². The van der Waals surface area contributed by atoms with Crippen LogP contribution in [0.4, 0.5) is 0 Å². The first-order chi connectivity index (χ1) is 6.64. The minimum absolute atomic E-state index is 0.174. The van der Waals surface area contributed by atoms with Gasteiger partial charge in [-0.3, -0.25) is 0 Å². The molecule has 3 heteroatoms. The van der Waals surface area contributed by atoms with Gasteiger partial charge in [0.1, 0.15) is 0 Å². The van der Waals surface area contributed by atoms with Crippen LogP contribution in [0.15, 0.2) is 30.3 Å². The molecular weight excluding hydrogens is 196 g/mol. The van der Waals surface area contributed by atoms with Crippen molar-refractivity contribution in [2.24, 2.45) is 0 Å². The molecule has 0 radical (unpaired) electrons. The Kier molecular flexibility index (Phi) is 4.14. The Morgan fingerprint density at radius 2 is 1.79 bits per heavy atom. The quantitative estimate of drug-likeness (QED) is 0.751. The lowest BCUT2D eigenvalue weighted by Gasteiger charge is -2.02. The third-order valence-corrected chi connectivity index (χ3v) is 3.72. The van der Waals surface area contributed by atoms with Crippen LogP contribution in [-0.2, 0) is 15.6 Å². The van der Waals surface area contributed by atoms with E-state index < -0.39 is 9.84 Å². The van der Waals surface area contributed by atoms with E-state index in [-0.39, 0.29) is 5.75 Å². The Balaban J connectivity index is 2.60. The van der Waals surface area contributed by atoms with E-state index in [1.807, 2.05) is 37.3 Å². The highest BCUT2D eigenvalue weighted by atomic mass is 32.2. The minimum atomic E-state index is -2.90. The Labute approximate surface area is 85.9 Å². The molecule has 0 aliphatic rings. The fraction of sp³-hybridized carbons (Fsp3) is 0.455. The molecule has 0 heterocycles. The van der Waals surface area contributed by atoms with E-state index in [1.54, 1.807) is 0 Å². The maximum absolute atomic E-state index is 11.6. The fourth-order valence-corrected chi connectivity index (χ4v) is 2.84. The second-order valence-electron chi connectivity index (χ2n) is 3.43. The summed E-state index contributed by atoms with van der Waals surface area (Å²) in [5, 5.41) is 0. The second kappa shape index (κ2) is 5.15. The molecule has 1 aromatic carbocycles. The predicted octanol–water partition coefficient (Wildman–Crippen LogP) is 2.40. The van der Waals surface area contributed by atoms with Crippen LogP contribution in [0.25, 0.3) is 0 Å². The summed E-state index contributed by atoms with van der Waals surface area (Å²) in [5.74, 6) is 0.478. The molecule has 0 fully saturated rings. The molecular formula is C11H16O2S. The molecule has 0 bridgehead atoms. The number of hydrogen-bond acceptors (Lipinski definition) is 2. The lowest BCUT2D eigenvalue weighted by atomic mass is 10.2. The van der Waals surface area contributed by atoms with Crippen molar-refractivity contribution in [3.63, 3.8) is 0 Å². The largest absolute Gasteiger partial charge is 0.228 e. The Hall–Kier alpha value is -0.830. The van der Waals surface area contributed by atoms with Crippen LogP contribution >= 0.6 is 0 Å². The first kappa shape index (κ1) is 11.2. The van der Waals surface area contributed by atoms with E-state index in [4.69, 9.17) is 0 Å². The summed E-state index contributed by atoms with van der Waals surface area (Å²) in [4.78, 5) is 0. The zero-order chi connectivity index (χ0) is 10.4. The molecule has 0 saturated heterocycles. The SMILES string of the molecule is CCCCS(=O)(=O)Cc1ccccc1. The summed E-state index contributed by atoms with van der Waals surface area (Å²) < 4.78 is 23.1. The summed E-state index contributed by atoms with van der Waals surface area (Å²) in [5.41, 5.74) is 0.878. The van der Waals surface area contributed by atoms with Gasteiger partial charge in [0.05, 0.1) is 11.5 Å². The number of benzene rings is 1. The van der Waals surface area contributed by atoms with Gasteiger partial charge in [0.2, 0.25) is 0 Å². The van der Waals surface area contributed by atoms with Crippen molar-refractivity contribution < 1.29 is 8.42 Å². The summed E-state index contributed by atoms with van der Waals surface area (Å²) in [6, 6.07) is 9.32. The number of unbranched alkanes of at least 4 members (excludes halogenated alkanes) is 1. The van der Waals surface area contributed by atoms with Crippen molar-refractivity contribution in [2.45, 2.75) is 25.5 Å². The highest BCUT2D eigenvalue weighted by Crippen LogP contribution is 2.07. The molecule has 0 N–H and O–H groups in total. The van der Waals surface area contributed by atoms with Gasteiger partial charge in [0.15, 0.2) is 9.84 Å². The van der Waals surface area contributed by atoms with Crippen molar-refractivity contribution >= 4 is 9.84 Å². The summed E-state index contributed by atoms with van der Waals surface area (Å²) >= 11 is 0. The van der Waals surface area contributed by atoms with Crippen molar-refractivity contribution in [1.82, 2.24) is 0 Å². The van der Waals surface area contributed by atoms with Crippen molar-refractivity contribution in [3.8, 4) is 0 Å². The summed E-state index contributed by atoms with van der Waals surface area (Å²) in [6.07, 6.45) is 1.68. The smallest absolute Gasteiger partial charge is 0.154 e. The summed E-state index contributed by atoms with van der Waals surface area (Å²) in [7, 11) is -2.90. The zero-order valence-electron chi connectivity index (χ0n) is 8.44. The zero-order valence-corrected chi connectivity index (χ0v) is 9.26. The Morgan fingerprint density at radius 3 is 2.36 bits per heavy atom. The molecule has 0 unspecified atom stereocenters. The Morgan fingerprint density at radius 1 is 1.14 bits per heavy atom. The van der Waals surface area contributed by atoms with Crippen LogP contribution in [0.3, 0.4) is 0 Å². The van der Waals surface area contributed by atoms with E-state index in [2.05, 4.69) is 0 Å². The minimum Gasteiger partial charge on any atom is -0.228 e. The number of rotatable bonds is 5. The van der Waals surface area contributed by atoms with Gasteiger partial charge in [0.25, 0.3) is 0 Å². The topological polar surface area (TPSA) is 34.1 Å². The van der Waals surface area contributed by atoms with Crippen LogP contribution in [0.1, 0.15) is 25.3 Å². The van der Waals surface area contributed by atoms with Crippen molar-refractivity contribution in [3.05, 3.63) is 35.9 Å².